The standard InChI is InChI=1S/C21H25N3O/c25-20-2-1-17(19-13-22-3-4-23-19)8-18(20)12-24-21-9-14-5-15(10-21)7-16(6-14)11-21/h1-4,8,13-16,24-25H,5-7,9-12H2. The highest BCUT2D eigenvalue weighted by Crippen LogP contribution is 2.55. The number of hydrogen-bond donors (Lipinski definition) is 2. The fraction of sp³-hybridized carbons (Fsp3) is 0.524. The number of nitrogens with one attached hydrogen (secondary N) is 1. The fourth-order valence-corrected chi connectivity index (χ4v) is 5.94. The SMILES string of the molecule is Oc1ccc(-c2cnccn2)cc1CNC12CC3CC(CC(C3)C1)C2. The second-order valence-electron chi connectivity index (χ2n) is 8.49. The van der Waals surface area contributed by atoms with Gasteiger partial charge in [0, 0.05) is 35.6 Å². The van der Waals surface area contributed by atoms with E-state index in [1.54, 1.807) is 24.7 Å². The minimum atomic E-state index is 0.309. The Labute approximate surface area is 148 Å². The second kappa shape index (κ2) is 5.80. The van der Waals surface area contributed by atoms with Gasteiger partial charge in [-0.05, 0) is 74.5 Å². The van der Waals surface area contributed by atoms with Crippen LogP contribution in [0.4, 0.5) is 0 Å². The van der Waals surface area contributed by atoms with Gasteiger partial charge in [-0.15, -0.1) is 0 Å². The molecule has 0 saturated heterocycles. The Morgan fingerprint density at radius 3 is 2.40 bits per heavy atom. The minimum Gasteiger partial charge on any atom is -0.508 e. The molecule has 0 amide bonds. The zero-order valence-electron chi connectivity index (χ0n) is 14.5. The Balaban J connectivity index is 1.36. The molecule has 0 atom stereocenters. The first-order valence-electron chi connectivity index (χ1n) is 9.52. The molecule has 0 unspecified atom stereocenters. The summed E-state index contributed by atoms with van der Waals surface area (Å²) in [5.74, 6) is 3.15. The molecule has 4 fully saturated rings. The molecule has 0 spiro atoms. The number of phenols is 1. The van der Waals surface area contributed by atoms with Crippen molar-refractivity contribution in [3.63, 3.8) is 0 Å². The largest absolute Gasteiger partial charge is 0.508 e. The van der Waals surface area contributed by atoms with E-state index in [0.717, 1.165) is 41.1 Å². The van der Waals surface area contributed by atoms with E-state index in [0.29, 0.717) is 11.3 Å². The van der Waals surface area contributed by atoms with Gasteiger partial charge in [-0.1, -0.05) is 0 Å². The van der Waals surface area contributed by atoms with Crippen LogP contribution in [0.25, 0.3) is 11.3 Å². The van der Waals surface area contributed by atoms with E-state index in [9.17, 15) is 5.11 Å². The summed E-state index contributed by atoms with van der Waals surface area (Å²) in [7, 11) is 0. The van der Waals surface area contributed by atoms with Crippen molar-refractivity contribution in [2.75, 3.05) is 0 Å². The van der Waals surface area contributed by atoms with Crippen LogP contribution >= 0.6 is 0 Å². The van der Waals surface area contributed by atoms with Crippen molar-refractivity contribution in [2.45, 2.75) is 50.6 Å². The van der Waals surface area contributed by atoms with Crippen LogP contribution in [0, 0.1) is 17.8 Å². The summed E-state index contributed by atoms with van der Waals surface area (Å²) in [5, 5.41) is 14.2. The molecule has 0 aliphatic heterocycles. The summed E-state index contributed by atoms with van der Waals surface area (Å²) in [4.78, 5) is 8.52. The average molecular weight is 335 g/mol. The summed E-state index contributed by atoms with van der Waals surface area (Å²) < 4.78 is 0. The summed E-state index contributed by atoms with van der Waals surface area (Å²) >= 11 is 0. The molecule has 4 saturated carbocycles. The van der Waals surface area contributed by atoms with E-state index in [2.05, 4.69) is 15.3 Å². The van der Waals surface area contributed by atoms with Gasteiger partial charge in [-0.3, -0.25) is 9.97 Å². The van der Waals surface area contributed by atoms with E-state index in [4.69, 9.17) is 0 Å². The van der Waals surface area contributed by atoms with Gasteiger partial charge < -0.3 is 10.4 Å². The van der Waals surface area contributed by atoms with Crippen LogP contribution in [-0.4, -0.2) is 20.6 Å². The lowest BCUT2D eigenvalue weighted by molar-refractivity contribution is -0.0206. The molecule has 1 aromatic carbocycles. The van der Waals surface area contributed by atoms with E-state index in [1.165, 1.54) is 38.5 Å². The Kier molecular flexibility index (Phi) is 3.56. The lowest BCUT2D eigenvalue weighted by atomic mass is 9.53. The van der Waals surface area contributed by atoms with Crippen molar-refractivity contribution >= 4 is 0 Å². The smallest absolute Gasteiger partial charge is 0.120 e. The van der Waals surface area contributed by atoms with Crippen LogP contribution in [0.2, 0.25) is 0 Å². The summed E-state index contributed by atoms with van der Waals surface area (Å²) in [6.45, 7) is 0.728. The summed E-state index contributed by atoms with van der Waals surface area (Å²) in [6.07, 6.45) is 13.5. The van der Waals surface area contributed by atoms with Gasteiger partial charge in [-0.2, -0.15) is 0 Å². The Morgan fingerprint density at radius 2 is 1.76 bits per heavy atom. The Bertz CT molecular complexity index is 739. The molecule has 4 nitrogen and oxygen atoms in total. The molecule has 4 bridgehead atoms. The van der Waals surface area contributed by atoms with Crippen molar-refractivity contribution in [2.24, 2.45) is 17.8 Å². The van der Waals surface area contributed by atoms with Crippen LogP contribution < -0.4 is 5.32 Å². The molecule has 130 valence electrons. The highest BCUT2D eigenvalue weighted by molar-refractivity contribution is 5.61. The molecule has 2 N–H and O–H groups in total. The Hall–Kier alpha value is -1.94. The van der Waals surface area contributed by atoms with Gasteiger partial charge in [-0.25, -0.2) is 0 Å². The Morgan fingerprint density at radius 1 is 1.04 bits per heavy atom. The molecule has 4 aliphatic rings. The van der Waals surface area contributed by atoms with Crippen LogP contribution in [0.15, 0.2) is 36.8 Å². The quantitative estimate of drug-likeness (QED) is 0.889. The van der Waals surface area contributed by atoms with Gasteiger partial charge in [0.2, 0.25) is 0 Å². The first-order chi connectivity index (χ1) is 12.2. The van der Waals surface area contributed by atoms with Crippen molar-refractivity contribution in [1.29, 1.82) is 0 Å². The van der Waals surface area contributed by atoms with Gasteiger partial charge >= 0.3 is 0 Å². The summed E-state index contributed by atoms with van der Waals surface area (Å²) in [6, 6.07) is 5.74. The average Bonchev–Trinajstić information content (AvgIpc) is 2.61. The maximum atomic E-state index is 10.3. The van der Waals surface area contributed by atoms with Crippen molar-refractivity contribution in [3.05, 3.63) is 42.4 Å². The first-order valence-corrected chi connectivity index (χ1v) is 9.52. The molecule has 4 heteroatoms. The minimum absolute atomic E-state index is 0.309. The van der Waals surface area contributed by atoms with Crippen LogP contribution in [-0.2, 0) is 6.54 Å². The third-order valence-electron chi connectivity index (χ3n) is 6.63. The van der Waals surface area contributed by atoms with Gasteiger partial charge in [0.05, 0.1) is 11.9 Å². The molecule has 2 aromatic rings. The third-order valence-corrected chi connectivity index (χ3v) is 6.63. The number of rotatable bonds is 4. The normalized spacial score (nSPS) is 32.9. The molecule has 6 rings (SSSR count). The molecular formula is C21H25N3O. The van der Waals surface area contributed by atoms with E-state index >= 15 is 0 Å². The monoisotopic (exact) mass is 335 g/mol. The van der Waals surface area contributed by atoms with Gasteiger partial charge in [0.1, 0.15) is 5.75 Å². The van der Waals surface area contributed by atoms with Crippen molar-refractivity contribution in [1.82, 2.24) is 15.3 Å². The number of aromatic hydroxyl groups is 1. The highest BCUT2D eigenvalue weighted by Gasteiger charge is 2.50. The third kappa shape index (κ3) is 2.82. The van der Waals surface area contributed by atoms with Gasteiger partial charge in [0.15, 0.2) is 0 Å². The summed E-state index contributed by atoms with van der Waals surface area (Å²) in [5.41, 5.74) is 3.12. The second-order valence-corrected chi connectivity index (χ2v) is 8.49. The molecule has 4 aliphatic carbocycles. The molecule has 25 heavy (non-hydrogen) atoms. The maximum absolute atomic E-state index is 10.3. The van der Waals surface area contributed by atoms with Crippen molar-refractivity contribution in [3.8, 4) is 17.0 Å². The lowest BCUT2D eigenvalue weighted by Gasteiger charge is -2.57. The maximum Gasteiger partial charge on any atom is 0.120 e. The van der Waals surface area contributed by atoms with E-state index in [1.807, 2.05) is 12.1 Å². The fourth-order valence-electron chi connectivity index (χ4n) is 5.94. The number of aromatic nitrogens is 2. The van der Waals surface area contributed by atoms with Gasteiger partial charge in [0.25, 0.3) is 0 Å². The predicted octanol–water partition coefficient (Wildman–Crippen LogP) is 3.91. The highest BCUT2D eigenvalue weighted by atomic mass is 16.3. The number of benzene rings is 1. The molecule has 0 radical (unpaired) electrons. The topological polar surface area (TPSA) is 58.0 Å². The van der Waals surface area contributed by atoms with Crippen LogP contribution in [0.1, 0.15) is 44.1 Å². The molecule has 1 aromatic heterocycles. The van der Waals surface area contributed by atoms with Crippen molar-refractivity contribution < 1.29 is 5.11 Å². The predicted molar refractivity (Wildman–Crippen MR) is 96.9 cm³/mol. The lowest BCUT2D eigenvalue weighted by Crippen LogP contribution is -2.58. The molecular weight excluding hydrogens is 310 g/mol. The zero-order valence-corrected chi connectivity index (χ0v) is 14.5. The zero-order chi connectivity index (χ0) is 16.9. The molecule has 1 heterocycles. The number of hydrogen-bond acceptors (Lipinski definition) is 4. The van der Waals surface area contributed by atoms with Crippen LogP contribution in [0.5, 0.6) is 5.75 Å². The van der Waals surface area contributed by atoms with E-state index < -0.39 is 0 Å². The number of phenolic OH excluding ortho intramolecular Hbond substituents is 1. The first kappa shape index (κ1) is 15.3. The van der Waals surface area contributed by atoms with E-state index in [-0.39, 0.29) is 0 Å². The number of nitrogens with zero attached hydrogens (tertiary/aromatic N) is 2. The van der Waals surface area contributed by atoms with Crippen LogP contribution in [0.3, 0.4) is 0 Å².